The molecule has 1 saturated carbocycles. The summed E-state index contributed by atoms with van der Waals surface area (Å²) in [5, 5.41) is 2.78. The van der Waals surface area contributed by atoms with E-state index in [4.69, 9.17) is 4.74 Å². The van der Waals surface area contributed by atoms with Crippen LogP contribution in [0, 0.1) is 5.92 Å². The van der Waals surface area contributed by atoms with Gasteiger partial charge >= 0.3 is 0 Å². The van der Waals surface area contributed by atoms with Crippen molar-refractivity contribution in [2.45, 2.75) is 31.0 Å². The van der Waals surface area contributed by atoms with Crippen LogP contribution in [0.3, 0.4) is 0 Å². The topological polar surface area (TPSA) is 57.7 Å². The van der Waals surface area contributed by atoms with E-state index in [9.17, 15) is 4.79 Å². The van der Waals surface area contributed by atoms with Crippen LogP contribution in [0.2, 0.25) is 0 Å². The highest BCUT2D eigenvalue weighted by Gasteiger charge is 2.50. The lowest BCUT2D eigenvalue weighted by Crippen LogP contribution is -2.72. The number of hydrogen-bond acceptors (Lipinski definition) is 5. The number of likely N-dealkylation sites (tertiary alicyclic amines) is 1. The van der Waals surface area contributed by atoms with Crippen LogP contribution in [0.5, 0.6) is 0 Å². The molecule has 1 aliphatic carbocycles. The third kappa shape index (κ3) is 3.31. The Morgan fingerprint density at radius 3 is 2.88 bits per heavy atom. The normalized spacial score (nSPS) is 27.0. The van der Waals surface area contributed by atoms with Gasteiger partial charge in [-0.05, 0) is 30.9 Å². The Labute approximate surface area is 143 Å². The molecule has 1 unspecified atom stereocenters. The van der Waals surface area contributed by atoms with E-state index in [1.165, 1.54) is 12.8 Å². The Kier molecular flexibility index (Phi) is 4.28. The molecule has 2 aliphatic heterocycles. The molecule has 1 aromatic heterocycles. The number of amides is 1. The van der Waals surface area contributed by atoms with Gasteiger partial charge in [0.1, 0.15) is 11.6 Å². The summed E-state index contributed by atoms with van der Waals surface area (Å²) < 4.78 is 6.17. The highest BCUT2D eigenvalue weighted by atomic mass is 16.5. The zero-order chi connectivity index (χ0) is 16.6. The summed E-state index contributed by atoms with van der Waals surface area (Å²) in [4.78, 5) is 21.3. The molecular formula is C18H26N4O2. The maximum Gasteiger partial charge on any atom is 0.239 e. The van der Waals surface area contributed by atoms with Crippen molar-refractivity contribution >= 4 is 5.91 Å². The minimum atomic E-state index is -0.133. The number of rotatable bonds is 5. The van der Waals surface area contributed by atoms with Crippen LogP contribution in [-0.2, 0) is 16.1 Å². The second kappa shape index (κ2) is 6.43. The van der Waals surface area contributed by atoms with Gasteiger partial charge in [-0.2, -0.15) is 0 Å². The van der Waals surface area contributed by atoms with E-state index in [0.717, 1.165) is 44.3 Å². The molecule has 130 valence electrons. The highest BCUT2D eigenvalue weighted by molar-refractivity contribution is 5.81. The van der Waals surface area contributed by atoms with E-state index in [0.29, 0.717) is 6.61 Å². The summed E-state index contributed by atoms with van der Waals surface area (Å²) in [7, 11) is 1.71. The van der Waals surface area contributed by atoms with Gasteiger partial charge in [-0.3, -0.25) is 19.6 Å². The first-order chi connectivity index (χ1) is 11.7. The zero-order valence-corrected chi connectivity index (χ0v) is 14.3. The average molecular weight is 330 g/mol. The van der Waals surface area contributed by atoms with Crippen molar-refractivity contribution in [3.63, 3.8) is 0 Å². The Bertz CT molecular complexity index is 584. The first-order valence-electron chi connectivity index (χ1n) is 8.89. The predicted molar refractivity (Wildman–Crippen MR) is 90.3 cm³/mol. The van der Waals surface area contributed by atoms with Gasteiger partial charge in [0.05, 0.1) is 12.3 Å². The lowest BCUT2D eigenvalue weighted by Gasteiger charge is -2.55. The third-order valence-electron chi connectivity index (χ3n) is 5.35. The molecule has 3 fully saturated rings. The fourth-order valence-corrected chi connectivity index (χ4v) is 3.91. The summed E-state index contributed by atoms with van der Waals surface area (Å²) in [5.74, 6) is 0.854. The van der Waals surface area contributed by atoms with Gasteiger partial charge in [0.15, 0.2) is 0 Å². The number of likely N-dealkylation sites (N-methyl/N-ethyl adjacent to an activating group) is 1. The monoisotopic (exact) mass is 330 g/mol. The maximum absolute atomic E-state index is 12.2. The summed E-state index contributed by atoms with van der Waals surface area (Å²) in [6.45, 7) is 5.11. The fraction of sp³-hybridized carbons (Fsp3) is 0.667. The van der Waals surface area contributed by atoms with Gasteiger partial charge in [-0.15, -0.1) is 0 Å². The van der Waals surface area contributed by atoms with Crippen LogP contribution in [0.4, 0.5) is 0 Å². The summed E-state index contributed by atoms with van der Waals surface area (Å²) in [5.41, 5.74) is 0.995. The van der Waals surface area contributed by atoms with Crippen molar-refractivity contribution < 1.29 is 9.53 Å². The Hall–Kier alpha value is -1.50. The summed E-state index contributed by atoms with van der Waals surface area (Å²) >= 11 is 0. The van der Waals surface area contributed by atoms with E-state index in [1.54, 1.807) is 7.05 Å². The maximum atomic E-state index is 12.2. The minimum absolute atomic E-state index is 0.0789. The van der Waals surface area contributed by atoms with E-state index in [-0.39, 0.29) is 17.6 Å². The van der Waals surface area contributed by atoms with Gasteiger partial charge in [-0.1, -0.05) is 6.07 Å². The molecule has 1 aromatic rings. The van der Waals surface area contributed by atoms with Crippen LogP contribution < -0.4 is 5.32 Å². The lowest BCUT2D eigenvalue weighted by molar-refractivity contribution is -0.203. The summed E-state index contributed by atoms with van der Waals surface area (Å²) in [6.07, 6.45) is 4.45. The molecule has 6 nitrogen and oxygen atoms in total. The van der Waals surface area contributed by atoms with Gasteiger partial charge in [0.2, 0.25) is 5.91 Å². The average Bonchev–Trinajstić information content (AvgIpc) is 3.38. The van der Waals surface area contributed by atoms with Gasteiger partial charge in [-0.25, -0.2) is 0 Å². The first-order valence-corrected chi connectivity index (χ1v) is 8.89. The molecular weight excluding hydrogens is 304 g/mol. The standard InChI is InChI=1S/C18H26N4O2/c1-19-17(23)16-10-24-18(13-22(16)8-14-5-6-14)11-21(12-18)9-15-4-2-3-7-20-15/h2-4,7,14,16H,5-6,8-13H2,1H3,(H,19,23). The van der Waals surface area contributed by atoms with Crippen molar-refractivity contribution in [2.75, 3.05) is 39.8 Å². The van der Waals surface area contributed by atoms with Crippen molar-refractivity contribution in [1.29, 1.82) is 0 Å². The molecule has 1 spiro atoms. The Morgan fingerprint density at radius 2 is 2.21 bits per heavy atom. The van der Waals surface area contributed by atoms with Gasteiger partial charge in [0, 0.05) is 46.0 Å². The minimum Gasteiger partial charge on any atom is -0.369 e. The van der Waals surface area contributed by atoms with E-state index < -0.39 is 0 Å². The van der Waals surface area contributed by atoms with Crippen molar-refractivity contribution in [2.24, 2.45) is 5.92 Å². The van der Waals surface area contributed by atoms with Crippen LogP contribution >= 0.6 is 0 Å². The molecule has 1 amide bonds. The number of morpholine rings is 1. The Morgan fingerprint density at radius 1 is 1.38 bits per heavy atom. The molecule has 0 radical (unpaired) electrons. The molecule has 0 aromatic carbocycles. The highest BCUT2D eigenvalue weighted by Crippen LogP contribution is 2.36. The second-order valence-electron chi connectivity index (χ2n) is 7.46. The molecule has 6 heteroatoms. The van der Waals surface area contributed by atoms with Crippen molar-refractivity contribution in [3.8, 4) is 0 Å². The van der Waals surface area contributed by atoms with Crippen LogP contribution in [-0.4, -0.2) is 72.2 Å². The molecule has 0 bridgehead atoms. The second-order valence-corrected chi connectivity index (χ2v) is 7.46. The molecule has 2 saturated heterocycles. The third-order valence-corrected chi connectivity index (χ3v) is 5.35. The molecule has 4 rings (SSSR count). The number of aromatic nitrogens is 1. The quantitative estimate of drug-likeness (QED) is 0.852. The molecule has 3 heterocycles. The number of carbonyl (C=O) groups excluding carboxylic acids is 1. The lowest BCUT2D eigenvalue weighted by atomic mass is 9.90. The Balaban J connectivity index is 1.36. The largest absolute Gasteiger partial charge is 0.369 e. The van der Waals surface area contributed by atoms with Gasteiger partial charge < -0.3 is 10.1 Å². The molecule has 3 aliphatic rings. The van der Waals surface area contributed by atoms with Crippen LogP contribution in [0.25, 0.3) is 0 Å². The number of nitrogens with zero attached hydrogens (tertiary/aromatic N) is 3. The van der Waals surface area contributed by atoms with E-state index >= 15 is 0 Å². The number of nitrogens with one attached hydrogen (secondary N) is 1. The van der Waals surface area contributed by atoms with Crippen molar-refractivity contribution in [3.05, 3.63) is 30.1 Å². The fourth-order valence-electron chi connectivity index (χ4n) is 3.91. The zero-order valence-electron chi connectivity index (χ0n) is 14.3. The number of ether oxygens (including phenoxy) is 1. The van der Waals surface area contributed by atoms with Gasteiger partial charge in [0.25, 0.3) is 0 Å². The molecule has 1 atom stereocenters. The van der Waals surface area contributed by atoms with Crippen LogP contribution in [0.1, 0.15) is 18.5 Å². The smallest absolute Gasteiger partial charge is 0.239 e. The first kappa shape index (κ1) is 16.0. The predicted octanol–water partition coefficient (Wildman–Crippen LogP) is 0.493. The van der Waals surface area contributed by atoms with E-state index in [1.807, 2.05) is 18.3 Å². The number of pyridine rings is 1. The molecule has 24 heavy (non-hydrogen) atoms. The van der Waals surface area contributed by atoms with Crippen LogP contribution in [0.15, 0.2) is 24.4 Å². The summed E-state index contributed by atoms with van der Waals surface area (Å²) in [6, 6.07) is 5.90. The molecule has 1 N–H and O–H groups in total. The van der Waals surface area contributed by atoms with Crippen molar-refractivity contribution in [1.82, 2.24) is 20.1 Å². The van der Waals surface area contributed by atoms with E-state index in [2.05, 4.69) is 26.2 Å². The number of carbonyl (C=O) groups is 1. The SMILES string of the molecule is CNC(=O)C1COC2(CN(Cc3ccccn3)C2)CN1CC1CC1. The number of hydrogen-bond donors (Lipinski definition) is 1.